The number of aromatic nitrogens is 1. The topological polar surface area (TPSA) is 71.8 Å². The van der Waals surface area contributed by atoms with Gasteiger partial charge in [0.25, 0.3) is 0 Å². The lowest BCUT2D eigenvalue weighted by Gasteiger charge is -2.20. The summed E-state index contributed by atoms with van der Waals surface area (Å²) in [5.74, 6) is 0.00923. The number of likely N-dealkylation sites (N-methyl/N-ethyl adjacent to an activating group) is 1. The second-order valence-corrected chi connectivity index (χ2v) is 5.22. The molecule has 0 fully saturated rings. The van der Waals surface area contributed by atoms with Gasteiger partial charge in [0.2, 0.25) is 11.3 Å². The molecule has 1 N–H and O–H groups in total. The van der Waals surface area contributed by atoms with Gasteiger partial charge in [-0.2, -0.15) is 0 Å². The Labute approximate surface area is 134 Å². The molecule has 1 aromatic heterocycles. The van der Waals surface area contributed by atoms with Gasteiger partial charge >= 0.3 is 0 Å². The summed E-state index contributed by atoms with van der Waals surface area (Å²) in [6.07, 6.45) is 1.45. The molecule has 0 saturated carbocycles. The average molecular weight is 316 g/mol. The van der Waals surface area contributed by atoms with Crippen molar-refractivity contribution in [1.29, 1.82) is 0 Å². The predicted molar refractivity (Wildman–Crippen MR) is 86.1 cm³/mol. The number of carbonyl (C=O) groups excluding carboxylic acids is 1. The minimum Gasteiger partial charge on any atom is -0.491 e. The van der Waals surface area contributed by atoms with Gasteiger partial charge in [-0.15, -0.1) is 0 Å². The van der Waals surface area contributed by atoms with Crippen LogP contribution in [0.1, 0.15) is 11.3 Å². The summed E-state index contributed by atoms with van der Waals surface area (Å²) >= 11 is 0. The molecule has 6 heteroatoms. The van der Waals surface area contributed by atoms with Crippen LogP contribution >= 0.6 is 0 Å². The molecular formula is C17H20N2O4. The Morgan fingerprint density at radius 3 is 2.61 bits per heavy atom. The molecule has 0 aliphatic rings. The number of amides is 1. The molecule has 0 atom stereocenters. The second-order valence-electron chi connectivity index (χ2n) is 5.22. The van der Waals surface area contributed by atoms with E-state index in [2.05, 4.69) is 0 Å². The van der Waals surface area contributed by atoms with E-state index >= 15 is 0 Å². The Morgan fingerprint density at radius 1 is 1.30 bits per heavy atom. The third-order valence-corrected chi connectivity index (χ3v) is 3.56. The Bertz CT molecular complexity index is 725. The van der Waals surface area contributed by atoms with Crippen LogP contribution in [0.4, 0.5) is 0 Å². The standard InChI is InChI=1S/C17H20N2O4/c1-18(9-13-6-4-3-5-7-13)17(22)11-19-10-16(23-2)15(21)8-14(19)12-20/h3-8,10,20H,9,11-12H2,1-2H3. The quantitative estimate of drug-likeness (QED) is 0.863. The number of carbonyl (C=O) groups is 1. The summed E-state index contributed by atoms with van der Waals surface area (Å²) in [6, 6.07) is 10.9. The first-order valence-electron chi connectivity index (χ1n) is 7.21. The van der Waals surface area contributed by atoms with Crippen LogP contribution in [0.25, 0.3) is 0 Å². The van der Waals surface area contributed by atoms with Gasteiger partial charge in [-0.1, -0.05) is 30.3 Å². The van der Waals surface area contributed by atoms with E-state index in [1.54, 1.807) is 11.9 Å². The van der Waals surface area contributed by atoms with Crippen LogP contribution in [0.5, 0.6) is 5.75 Å². The number of aliphatic hydroxyl groups excluding tert-OH is 1. The van der Waals surface area contributed by atoms with Crippen molar-refractivity contribution < 1.29 is 14.6 Å². The minimum atomic E-state index is -0.324. The van der Waals surface area contributed by atoms with Crippen LogP contribution in [0.3, 0.4) is 0 Å². The van der Waals surface area contributed by atoms with Crippen molar-refractivity contribution >= 4 is 5.91 Å². The lowest BCUT2D eigenvalue weighted by molar-refractivity contribution is -0.131. The van der Waals surface area contributed by atoms with Gasteiger partial charge in [0.15, 0.2) is 5.75 Å². The van der Waals surface area contributed by atoms with Crippen molar-refractivity contribution in [2.75, 3.05) is 14.2 Å². The summed E-state index contributed by atoms with van der Waals surface area (Å²) < 4.78 is 6.51. The SMILES string of the molecule is COc1cn(CC(=O)N(C)Cc2ccccc2)c(CO)cc1=O. The molecular weight excluding hydrogens is 296 g/mol. The van der Waals surface area contributed by atoms with E-state index in [0.29, 0.717) is 12.2 Å². The van der Waals surface area contributed by atoms with Crippen molar-refractivity contribution in [3.8, 4) is 5.75 Å². The van der Waals surface area contributed by atoms with Crippen molar-refractivity contribution in [1.82, 2.24) is 9.47 Å². The molecule has 2 rings (SSSR count). The highest BCUT2D eigenvalue weighted by atomic mass is 16.5. The Kier molecular flexibility index (Phi) is 5.54. The van der Waals surface area contributed by atoms with E-state index in [-0.39, 0.29) is 30.2 Å². The molecule has 23 heavy (non-hydrogen) atoms. The largest absolute Gasteiger partial charge is 0.491 e. The summed E-state index contributed by atoms with van der Waals surface area (Å²) in [5.41, 5.74) is 1.08. The molecule has 6 nitrogen and oxygen atoms in total. The Morgan fingerprint density at radius 2 is 2.00 bits per heavy atom. The molecule has 1 amide bonds. The van der Waals surface area contributed by atoms with Gasteiger partial charge in [-0.25, -0.2) is 0 Å². The monoisotopic (exact) mass is 316 g/mol. The number of nitrogens with zero attached hydrogens (tertiary/aromatic N) is 2. The van der Waals surface area contributed by atoms with Crippen molar-refractivity contribution in [3.05, 3.63) is 64.1 Å². The van der Waals surface area contributed by atoms with E-state index in [9.17, 15) is 14.7 Å². The number of pyridine rings is 1. The number of aliphatic hydroxyl groups is 1. The molecule has 1 aromatic carbocycles. The number of hydrogen-bond acceptors (Lipinski definition) is 4. The summed E-state index contributed by atoms with van der Waals surface area (Å²) in [7, 11) is 3.11. The van der Waals surface area contributed by atoms with Crippen LogP contribution in [-0.2, 0) is 24.5 Å². The summed E-state index contributed by atoms with van der Waals surface area (Å²) in [6.45, 7) is 0.191. The molecule has 1 heterocycles. The fraction of sp³-hybridized carbons (Fsp3) is 0.294. The average Bonchev–Trinajstić information content (AvgIpc) is 2.56. The lowest BCUT2D eigenvalue weighted by atomic mass is 10.2. The maximum Gasteiger partial charge on any atom is 0.242 e. The van der Waals surface area contributed by atoms with E-state index in [0.717, 1.165) is 5.56 Å². The third kappa shape index (κ3) is 4.20. The van der Waals surface area contributed by atoms with Gasteiger partial charge in [0, 0.05) is 25.4 Å². The zero-order valence-corrected chi connectivity index (χ0v) is 13.2. The van der Waals surface area contributed by atoms with Crippen LogP contribution in [-0.4, -0.2) is 34.6 Å². The maximum atomic E-state index is 12.4. The molecule has 0 unspecified atom stereocenters. The predicted octanol–water partition coefficient (Wildman–Crippen LogP) is 1.01. The summed E-state index contributed by atoms with van der Waals surface area (Å²) in [5, 5.41) is 9.37. The fourth-order valence-corrected chi connectivity index (χ4v) is 2.24. The number of hydrogen-bond donors (Lipinski definition) is 1. The van der Waals surface area contributed by atoms with Gasteiger partial charge in [0.05, 0.1) is 19.9 Å². The van der Waals surface area contributed by atoms with E-state index in [1.807, 2.05) is 30.3 Å². The first kappa shape index (κ1) is 16.8. The Hall–Kier alpha value is -2.60. The van der Waals surface area contributed by atoms with Crippen LogP contribution in [0.15, 0.2) is 47.4 Å². The molecule has 0 aliphatic carbocycles. The van der Waals surface area contributed by atoms with Gasteiger partial charge in [-0.3, -0.25) is 9.59 Å². The molecule has 0 bridgehead atoms. The van der Waals surface area contributed by atoms with Gasteiger partial charge in [0.1, 0.15) is 6.54 Å². The maximum absolute atomic E-state index is 12.4. The number of rotatable bonds is 6. The fourth-order valence-electron chi connectivity index (χ4n) is 2.24. The highest BCUT2D eigenvalue weighted by Crippen LogP contribution is 2.09. The van der Waals surface area contributed by atoms with Crippen LogP contribution in [0.2, 0.25) is 0 Å². The molecule has 0 spiro atoms. The van der Waals surface area contributed by atoms with E-state index < -0.39 is 0 Å². The number of methoxy groups -OCH3 is 1. The molecule has 2 aromatic rings. The number of benzene rings is 1. The second kappa shape index (κ2) is 7.60. The van der Waals surface area contributed by atoms with Gasteiger partial charge in [-0.05, 0) is 5.56 Å². The summed E-state index contributed by atoms with van der Waals surface area (Å²) in [4.78, 5) is 25.7. The van der Waals surface area contributed by atoms with Crippen LogP contribution in [0, 0.1) is 0 Å². The first-order valence-corrected chi connectivity index (χ1v) is 7.21. The molecule has 0 radical (unpaired) electrons. The van der Waals surface area contributed by atoms with Gasteiger partial charge < -0.3 is 19.3 Å². The lowest BCUT2D eigenvalue weighted by Crippen LogP contribution is -2.31. The van der Waals surface area contributed by atoms with Crippen molar-refractivity contribution in [2.45, 2.75) is 19.7 Å². The third-order valence-electron chi connectivity index (χ3n) is 3.56. The highest BCUT2D eigenvalue weighted by Gasteiger charge is 2.13. The smallest absolute Gasteiger partial charge is 0.242 e. The number of ether oxygens (including phenoxy) is 1. The van der Waals surface area contributed by atoms with Crippen molar-refractivity contribution in [3.63, 3.8) is 0 Å². The normalized spacial score (nSPS) is 10.4. The minimum absolute atomic E-state index is 0.0237. The first-order chi connectivity index (χ1) is 11.0. The molecule has 122 valence electrons. The zero-order chi connectivity index (χ0) is 16.8. The molecule has 0 aliphatic heterocycles. The molecule has 0 saturated heterocycles. The van der Waals surface area contributed by atoms with E-state index in [4.69, 9.17) is 4.74 Å². The highest BCUT2D eigenvalue weighted by molar-refractivity contribution is 5.75. The Balaban J connectivity index is 2.14. The van der Waals surface area contributed by atoms with Crippen molar-refractivity contribution in [2.24, 2.45) is 0 Å². The van der Waals surface area contributed by atoms with E-state index in [1.165, 1.54) is 23.9 Å². The zero-order valence-electron chi connectivity index (χ0n) is 13.2. The van der Waals surface area contributed by atoms with Crippen LogP contribution < -0.4 is 10.2 Å².